The number of sulfonamides is 1. The lowest BCUT2D eigenvalue weighted by Crippen LogP contribution is -2.44. The maximum atomic E-state index is 12.4. The molecule has 0 N–H and O–H groups in total. The van der Waals surface area contributed by atoms with Gasteiger partial charge in [0.15, 0.2) is 0 Å². The number of nitriles is 1. The molecule has 0 spiro atoms. The van der Waals surface area contributed by atoms with Gasteiger partial charge in [-0.2, -0.15) is 9.57 Å². The Morgan fingerprint density at radius 1 is 1.33 bits per heavy atom. The molecule has 0 unspecified atom stereocenters. The number of nitrogens with zero attached hydrogens (tertiary/aromatic N) is 2. The van der Waals surface area contributed by atoms with E-state index in [1.165, 1.54) is 28.6 Å². The van der Waals surface area contributed by atoms with Gasteiger partial charge in [-0.25, -0.2) is 8.42 Å². The van der Waals surface area contributed by atoms with Gasteiger partial charge in [0.25, 0.3) is 0 Å². The largest absolute Gasteiger partial charge is 0.363 e. The molecule has 1 saturated heterocycles. The topological polar surface area (TPSA) is 70.4 Å². The third kappa shape index (κ3) is 2.12. The summed E-state index contributed by atoms with van der Waals surface area (Å²) in [6.45, 7) is 4.08. The van der Waals surface area contributed by atoms with Gasteiger partial charge in [0.05, 0.1) is 28.7 Å². The molecule has 96 valence electrons. The van der Waals surface area contributed by atoms with E-state index in [-0.39, 0.29) is 11.6 Å². The van der Waals surface area contributed by atoms with E-state index in [0.29, 0.717) is 12.2 Å². The number of ether oxygens (including phenoxy) is 1. The molecule has 0 bridgehead atoms. The molecular formula is C12H14N2O3S. The van der Waals surface area contributed by atoms with Gasteiger partial charge in [-0.1, -0.05) is 0 Å². The molecule has 1 aromatic carbocycles. The fourth-order valence-electron chi connectivity index (χ4n) is 1.85. The zero-order valence-electron chi connectivity index (χ0n) is 10.3. The van der Waals surface area contributed by atoms with Crippen molar-refractivity contribution in [1.82, 2.24) is 4.31 Å². The minimum absolute atomic E-state index is 0.0648. The fraction of sp³-hybridized carbons (Fsp3) is 0.417. The molecule has 1 aliphatic heterocycles. The molecule has 0 amide bonds. The lowest BCUT2D eigenvalue weighted by atomic mass is 10.1. The van der Waals surface area contributed by atoms with Crippen molar-refractivity contribution in [3.8, 4) is 6.07 Å². The van der Waals surface area contributed by atoms with Crippen LogP contribution in [0.3, 0.4) is 0 Å². The van der Waals surface area contributed by atoms with Crippen LogP contribution in [-0.4, -0.2) is 31.6 Å². The van der Waals surface area contributed by atoms with E-state index in [1.54, 1.807) is 0 Å². The highest BCUT2D eigenvalue weighted by molar-refractivity contribution is 7.89. The highest BCUT2D eigenvalue weighted by atomic mass is 32.2. The quantitative estimate of drug-likeness (QED) is 0.809. The second kappa shape index (κ2) is 4.35. The van der Waals surface area contributed by atoms with Gasteiger partial charge < -0.3 is 4.74 Å². The van der Waals surface area contributed by atoms with E-state index in [0.717, 1.165) is 0 Å². The number of rotatable bonds is 2. The third-order valence-electron chi connectivity index (χ3n) is 2.91. The number of hydrogen-bond donors (Lipinski definition) is 0. The van der Waals surface area contributed by atoms with Crippen molar-refractivity contribution in [2.45, 2.75) is 24.3 Å². The lowest BCUT2D eigenvalue weighted by molar-refractivity contribution is 0.171. The molecule has 0 radical (unpaired) electrons. The maximum Gasteiger partial charge on any atom is 0.245 e. The van der Waals surface area contributed by atoms with E-state index < -0.39 is 15.6 Å². The summed E-state index contributed by atoms with van der Waals surface area (Å²) in [5.41, 5.74) is -0.113. The van der Waals surface area contributed by atoms with Crippen molar-refractivity contribution >= 4 is 10.0 Å². The van der Waals surface area contributed by atoms with Gasteiger partial charge in [0.2, 0.25) is 10.0 Å². The molecule has 18 heavy (non-hydrogen) atoms. The average Bonchev–Trinajstić information content (AvgIpc) is 2.69. The minimum atomic E-state index is -3.57. The zero-order chi connectivity index (χ0) is 13.4. The first-order valence-corrected chi connectivity index (χ1v) is 6.93. The molecule has 5 nitrogen and oxygen atoms in total. The Kier molecular flexibility index (Phi) is 3.15. The van der Waals surface area contributed by atoms with E-state index in [1.807, 2.05) is 19.9 Å². The van der Waals surface area contributed by atoms with Gasteiger partial charge in [-0.05, 0) is 38.1 Å². The van der Waals surface area contributed by atoms with Crippen LogP contribution in [0.25, 0.3) is 0 Å². The van der Waals surface area contributed by atoms with Crippen LogP contribution in [0.4, 0.5) is 0 Å². The summed E-state index contributed by atoms with van der Waals surface area (Å²) >= 11 is 0. The number of benzene rings is 1. The van der Waals surface area contributed by atoms with E-state index in [4.69, 9.17) is 10.00 Å². The van der Waals surface area contributed by atoms with Gasteiger partial charge in [0, 0.05) is 0 Å². The van der Waals surface area contributed by atoms with Crippen LogP contribution in [0.5, 0.6) is 0 Å². The van der Waals surface area contributed by atoms with Crippen LogP contribution in [0.15, 0.2) is 29.2 Å². The highest BCUT2D eigenvalue weighted by Crippen LogP contribution is 2.29. The fourth-order valence-corrected chi connectivity index (χ4v) is 3.50. The third-order valence-corrected chi connectivity index (χ3v) is 4.96. The summed E-state index contributed by atoms with van der Waals surface area (Å²) in [7, 11) is -3.57. The zero-order valence-corrected chi connectivity index (χ0v) is 11.1. The highest BCUT2D eigenvalue weighted by Gasteiger charge is 2.41. The van der Waals surface area contributed by atoms with Crippen LogP contribution in [0.1, 0.15) is 19.4 Å². The minimum Gasteiger partial charge on any atom is -0.363 e. The Bertz CT molecular complexity index is 585. The molecule has 1 aromatic rings. The molecule has 1 fully saturated rings. The maximum absolute atomic E-state index is 12.4. The Morgan fingerprint density at radius 3 is 2.39 bits per heavy atom. The van der Waals surface area contributed by atoms with E-state index >= 15 is 0 Å². The van der Waals surface area contributed by atoms with Crippen LogP contribution in [0, 0.1) is 11.3 Å². The van der Waals surface area contributed by atoms with Gasteiger partial charge in [-0.15, -0.1) is 0 Å². The molecule has 0 saturated carbocycles. The monoisotopic (exact) mass is 266 g/mol. The molecule has 0 atom stereocenters. The summed E-state index contributed by atoms with van der Waals surface area (Å²) in [5.74, 6) is 0. The predicted octanol–water partition coefficient (Wildman–Crippen LogP) is 1.32. The summed E-state index contributed by atoms with van der Waals surface area (Å²) in [6, 6.07) is 7.85. The summed E-state index contributed by atoms with van der Waals surface area (Å²) < 4.78 is 31.4. The molecule has 1 heterocycles. The molecule has 1 aliphatic rings. The van der Waals surface area contributed by atoms with Gasteiger partial charge in [-0.3, -0.25) is 0 Å². The van der Waals surface area contributed by atoms with Crippen molar-refractivity contribution in [3.05, 3.63) is 29.8 Å². The van der Waals surface area contributed by atoms with Crippen LogP contribution >= 0.6 is 0 Å². The molecule has 2 rings (SSSR count). The first kappa shape index (κ1) is 13.0. The van der Waals surface area contributed by atoms with E-state index in [9.17, 15) is 8.42 Å². The van der Waals surface area contributed by atoms with Gasteiger partial charge >= 0.3 is 0 Å². The average molecular weight is 266 g/mol. The first-order valence-electron chi connectivity index (χ1n) is 5.49. The molecular weight excluding hydrogens is 252 g/mol. The summed E-state index contributed by atoms with van der Waals surface area (Å²) in [6.07, 6.45) is 0. The van der Waals surface area contributed by atoms with Crippen molar-refractivity contribution in [3.63, 3.8) is 0 Å². The van der Waals surface area contributed by atoms with E-state index in [2.05, 4.69) is 0 Å². The van der Waals surface area contributed by atoms with Crippen LogP contribution in [0.2, 0.25) is 0 Å². The SMILES string of the molecule is CC1(C)COCN1S(=O)(=O)c1ccc(C#N)cc1. The standard InChI is InChI=1S/C12H14N2O3S/c1-12(2)8-17-9-14(12)18(15,16)11-5-3-10(7-13)4-6-11/h3-6H,8-9H2,1-2H3. The summed E-state index contributed by atoms with van der Waals surface area (Å²) in [5, 5.41) is 8.70. The van der Waals surface area contributed by atoms with Crippen LogP contribution in [-0.2, 0) is 14.8 Å². The Labute approximate surface area is 107 Å². The molecule has 6 heteroatoms. The number of hydrogen-bond acceptors (Lipinski definition) is 4. The second-order valence-electron chi connectivity index (χ2n) is 4.78. The lowest BCUT2D eigenvalue weighted by Gasteiger charge is -2.28. The predicted molar refractivity (Wildman–Crippen MR) is 65.1 cm³/mol. The molecule has 0 aromatic heterocycles. The van der Waals surface area contributed by atoms with Crippen molar-refractivity contribution < 1.29 is 13.2 Å². The first-order chi connectivity index (χ1) is 8.38. The van der Waals surface area contributed by atoms with Crippen molar-refractivity contribution in [2.24, 2.45) is 0 Å². The Balaban J connectivity index is 2.39. The normalized spacial score (nSPS) is 19.6. The Morgan fingerprint density at radius 2 is 1.94 bits per heavy atom. The summed E-state index contributed by atoms with van der Waals surface area (Å²) in [4.78, 5) is 0.181. The molecule has 0 aliphatic carbocycles. The van der Waals surface area contributed by atoms with Gasteiger partial charge in [0.1, 0.15) is 6.73 Å². The second-order valence-corrected chi connectivity index (χ2v) is 6.64. The van der Waals surface area contributed by atoms with Crippen LogP contribution < -0.4 is 0 Å². The van der Waals surface area contributed by atoms with Crippen molar-refractivity contribution in [1.29, 1.82) is 5.26 Å². The van der Waals surface area contributed by atoms with Crippen molar-refractivity contribution in [2.75, 3.05) is 13.3 Å². The smallest absolute Gasteiger partial charge is 0.245 e. The Hall–Kier alpha value is -1.42.